The molecule has 0 radical (unpaired) electrons. The molecular formula is C27H29N3O4S. The highest BCUT2D eigenvalue weighted by atomic mass is 32.1. The van der Waals surface area contributed by atoms with E-state index < -0.39 is 0 Å². The maximum absolute atomic E-state index is 13.7. The van der Waals surface area contributed by atoms with Crippen LogP contribution in [0.3, 0.4) is 0 Å². The van der Waals surface area contributed by atoms with Crippen molar-refractivity contribution < 1.29 is 14.3 Å². The average molecular weight is 492 g/mol. The van der Waals surface area contributed by atoms with Crippen LogP contribution < -0.4 is 15.6 Å². The Labute approximate surface area is 207 Å². The lowest BCUT2D eigenvalue weighted by molar-refractivity contribution is 0.0797. The number of nitrogens with one attached hydrogen (secondary N) is 1. The zero-order valence-electron chi connectivity index (χ0n) is 20.3. The molecule has 0 unspecified atom stereocenters. The Morgan fingerprint density at radius 1 is 1.09 bits per heavy atom. The van der Waals surface area contributed by atoms with E-state index in [1.54, 1.807) is 36.2 Å². The van der Waals surface area contributed by atoms with E-state index in [0.717, 1.165) is 5.39 Å². The molecule has 0 bridgehead atoms. The summed E-state index contributed by atoms with van der Waals surface area (Å²) in [6, 6.07) is 16.7. The molecule has 2 heterocycles. The van der Waals surface area contributed by atoms with Crippen LogP contribution in [-0.2, 0) is 6.54 Å². The molecule has 4 rings (SSSR count). The van der Waals surface area contributed by atoms with Crippen molar-refractivity contribution in [1.29, 1.82) is 0 Å². The van der Waals surface area contributed by atoms with Gasteiger partial charge in [0.25, 0.3) is 11.5 Å². The van der Waals surface area contributed by atoms with E-state index >= 15 is 0 Å². The Hall–Kier alpha value is -3.49. The number of hydrogen-bond acceptors (Lipinski definition) is 6. The van der Waals surface area contributed by atoms with E-state index in [-0.39, 0.29) is 29.5 Å². The predicted octanol–water partition coefficient (Wildman–Crippen LogP) is 4.18. The van der Waals surface area contributed by atoms with Gasteiger partial charge in [-0.25, -0.2) is 0 Å². The van der Waals surface area contributed by atoms with Crippen molar-refractivity contribution in [2.75, 3.05) is 27.2 Å². The van der Waals surface area contributed by atoms with Crippen LogP contribution in [0, 0.1) is 0 Å². The van der Waals surface area contributed by atoms with E-state index in [9.17, 15) is 14.4 Å². The lowest BCUT2D eigenvalue weighted by Crippen LogP contribution is -2.36. The fourth-order valence-electron chi connectivity index (χ4n) is 4.09. The molecule has 0 saturated carbocycles. The van der Waals surface area contributed by atoms with Crippen LogP contribution in [0.1, 0.15) is 33.9 Å². The Bertz CT molecular complexity index is 1440. The number of methoxy groups -OCH3 is 1. The number of para-hydroxylation sites is 1. The van der Waals surface area contributed by atoms with Gasteiger partial charge in [0.05, 0.1) is 23.9 Å². The fraction of sp³-hybridized carbons (Fsp3) is 0.296. The number of amides is 1. The molecule has 0 spiro atoms. The second-order valence-corrected chi connectivity index (χ2v) is 9.72. The van der Waals surface area contributed by atoms with Crippen LogP contribution >= 0.6 is 11.3 Å². The lowest BCUT2D eigenvalue weighted by Gasteiger charge is -2.18. The third-order valence-corrected chi connectivity index (χ3v) is 7.10. The second-order valence-electron chi connectivity index (χ2n) is 8.70. The van der Waals surface area contributed by atoms with Gasteiger partial charge < -0.3 is 15.0 Å². The molecule has 1 N–H and O–H groups in total. The molecule has 0 saturated heterocycles. The van der Waals surface area contributed by atoms with Crippen molar-refractivity contribution in [1.82, 2.24) is 14.8 Å². The molecule has 7 nitrogen and oxygen atoms in total. The van der Waals surface area contributed by atoms with E-state index in [0.29, 0.717) is 45.2 Å². The summed E-state index contributed by atoms with van der Waals surface area (Å²) in [6.07, 6.45) is 0. The Morgan fingerprint density at radius 2 is 1.77 bits per heavy atom. The smallest absolute Gasteiger partial charge is 0.267 e. The van der Waals surface area contributed by atoms with Gasteiger partial charge in [0, 0.05) is 37.1 Å². The zero-order chi connectivity index (χ0) is 25.1. The number of hydrogen-bond donors (Lipinski definition) is 1. The number of carbonyl (C=O) groups excluding carboxylic acids is 2. The quantitative estimate of drug-likeness (QED) is 0.355. The van der Waals surface area contributed by atoms with Crippen LogP contribution in [0.4, 0.5) is 0 Å². The third kappa shape index (κ3) is 4.85. The van der Waals surface area contributed by atoms with Crippen molar-refractivity contribution in [3.8, 4) is 5.75 Å². The topological polar surface area (TPSA) is 80.6 Å². The molecule has 2 aromatic carbocycles. The van der Waals surface area contributed by atoms with Gasteiger partial charge in [-0.15, -0.1) is 11.3 Å². The summed E-state index contributed by atoms with van der Waals surface area (Å²) in [4.78, 5) is 42.1. The van der Waals surface area contributed by atoms with Crippen LogP contribution in [0.2, 0.25) is 0 Å². The molecule has 0 fully saturated rings. The number of benzene rings is 2. The van der Waals surface area contributed by atoms with Gasteiger partial charge in [-0.3, -0.25) is 19.0 Å². The van der Waals surface area contributed by atoms with E-state index in [4.69, 9.17) is 4.74 Å². The maximum atomic E-state index is 13.7. The van der Waals surface area contributed by atoms with Crippen molar-refractivity contribution >= 4 is 44.0 Å². The Balaban J connectivity index is 1.83. The summed E-state index contributed by atoms with van der Waals surface area (Å²) < 4.78 is 7.80. The van der Waals surface area contributed by atoms with Gasteiger partial charge >= 0.3 is 0 Å². The molecule has 8 heteroatoms. The first-order chi connectivity index (χ1) is 16.8. The molecule has 35 heavy (non-hydrogen) atoms. The van der Waals surface area contributed by atoms with Crippen molar-refractivity contribution in [2.45, 2.75) is 26.4 Å². The van der Waals surface area contributed by atoms with E-state index in [1.165, 1.54) is 23.0 Å². The van der Waals surface area contributed by atoms with Gasteiger partial charge in [0.15, 0.2) is 11.5 Å². The molecular weight excluding hydrogens is 462 g/mol. The van der Waals surface area contributed by atoms with E-state index in [2.05, 4.69) is 19.2 Å². The number of nitrogens with zero attached hydrogens (tertiary/aromatic N) is 2. The molecule has 1 amide bonds. The highest BCUT2D eigenvalue weighted by Gasteiger charge is 2.27. The molecule has 4 aromatic rings. The van der Waals surface area contributed by atoms with Crippen molar-refractivity contribution in [3.05, 3.63) is 75.4 Å². The van der Waals surface area contributed by atoms with Gasteiger partial charge in [-0.2, -0.15) is 0 Å². The minimum Gasteiger partial charge on any atom is -0.494 e. The Kier molecular flexibility index (Phi) is 7.33. The third-order valence-electron chi connectivity index (χ3n) is 5.91. The first-order valence-electron chi connectivity index (χ1n) is 11.5. The number of ether oxygens (including phenoxy) is 1. The summed E-state index contributed by atoms with van der Waals surface area (Å²) in [6.45, 7) is 5.17. The number of thiophene rings is 1. The molecule has 0 aliphatic heterocycles. The van der Waals surface area contributed by atoms with Crippen molar-refractivity contribution in [2.24, 2.45) is 0 Å². The lowest BCUT2D eigenvalue weighted by atomic mass is 10.1. The number of fused-ring (bicyclic) bond motifs is 3. The summed E-state index contributed by atoms with van der Waals surface area (Å²) >= 11 is 1.26. The first kappa shape index (κ1) is 24.6. The van der Waals surface area contributed by atoms with Gasteiger partial charge in [0.2, 0.25) is 0 Å². The van der Waals surface area contributed by atoms with Gasteiger partial charge in [-0.1, -0.05) is 62.4 Å². The van der Waals surface area contributed by atoms with Crippen LogP contribution in [0.15, 0.2) is 59.4 Å². The van der Waals surface area contributed by atoms with Crippen LogP contribution in [-0.4, -0.2) is 54.4 Å². The van der Waals surface area contributed by atoms with Crippen LogP contribution in [0.5, 0.6) is 5.75 Å². The number of pyridine rings is 1. The largest absolute Gasteiger partial charge is 0.494 e. The standard InChI is InChI=1S/C27H29N3O4S/c1-17(2)28-14-15-29(3)27(33)25-23(34-4)22-24(35-25)19-12-8-9-13-20(19)30(26(22)32)16-21(31)18-10-6-5-7-11-18/h5-13,17,28H,14-16H2,1-4H3. The first-order valence-corrected chi connectivity index (χ1v) is 12.3. The van der Waals surface area contributed by atoms with Crippen LogP contribution in [0.25, 0.3) is 21.0 Å². The number of aromatic nitrogens is 1. The van der Waals surface area contributed by atoms with E-state index in [1.807, 2.05) is 30.3 Å². The predicted molar refractivity (Wildman–Crippen MR) is 141 cm³/mol. The molecule has 0 aliphatic rings. The van der Waals surface area contributed by atoms with Gasteiger partial charge in [0.1, 0.15) is 10.3 Å². The highest BCUT2D eigenvalue weighted by molar-refractivity contribution is 7.22. The highest BCUT2D eigenvalue weighted by Crippen LogP contribution is 2.40. The molecule has 0 atom stereocenters. The number of Topliss-reactive ketones (excluding diaryl/α,β-unsaturated/α-hetero) is 1. The maximum Gasteiger partial charge on any atom is 0.267 e. The number of ketones is 1. The molecule has 0 aliphatic carbocycles. The normalized spacial score (nSPS) is 11.3. The summed E-state index contributed by atoms with van der Waals surface area (Å²) in [5.41, 5.74) is 0.833. The summed E-state index contributed by atoms with van der Waals surface area (Å²) in [7, 11) is 3.20. The zero-order valence-corrected chi connectivity index (χ0v) is 21.1. The number of likely N-dealkylation sites (N-methyl/N-ethyl adjacent to an activating group) is 1. The van der Waals surface area contributed by atoms with Crippen molar-refractivity contribution in [3.63, 3.8) is 0 Å². The number of carbonyl (C=O) groups is 2. The van der Waals surface area contributed by atoms with Gasteiger partial charge in [-0.05, 0) is 6.07 Å². The average Bonchev–Trinajstić information content (AvgIpc) is 3.26. The minimum absolute atomic E-state index is 0.109. The summed E-state index contributed by atoms with van der Waals surface area (Å²) in [5, 5.41) is 4.43. The fourth-order valence-corrected chi connectivity index (χ4v) is 5.38. The monoisotopic (exact) mass is 491 g/mol. The number of rotatable bonds is 9. The molecule has 182 valence electrons. The minimum atomic E-state index is -0.348. The Morgan fingerprint density at radius 3 is 2.46 bits per heavy atom. The SMILES string of the molecule is COc1c(C(=O)N(C)CCNC(C)C)sc2c1c(=O)n(CC(=O)c1ccccc1)c1ccccc21. The molecule has 2 aromatic heterocycles. The summed E-state index contributed by atoms with van der Waals surface area (Å²) in [5.74, 6) is -0.112. The second kappa shape index (κ2) is 10.4.